The van der Waals surface area contributed by atoms with Crippen molar-refractivity contribution < 1.29 is 18.3 Å². The molecule has 138 valence electrons. The molecule has 7 nitrogen and oxygen atoms in total. The first-order valence-corrected chi connectivity index (χ1v) is 8.47. The van der Waals surface area contributed by atoms with Gasteiger partial charge in [0, 0.05) is 18.6 Å². The Hall–Kier alpha value is -3.36. The van der Waals surface area contributed by atoms with Crippen LogP contribution in [0.15, 0.2) is 35.3 Å². The highest BCUT2D eigenvalue weighted by atomic mass is 19.1. The summed E-state index contributed by atoms with van der Waals surface area (Å²) in [6.45, 7) is 1.07. The van der Waals surface area contributed by atoms with E-state index in [1.165, 1.54) is 18.2 Å². The lowest BCUT2D eigenvalue weighted by Gasteiger charge is -2.24. The number of halogens is 2. The highest BCUT2D eigenvalue weighted by molar-refractivity contribution is 5.95. The summed E-state index contributed by atoms with van der Waals surface area (Å²) in [5.74, 6) is 0.0851. The lowest BCUT2D eigenvalue weighted by Crippen LogP contribution is -2.32. The Morgan fingerprint density at radius 1 is 1.11 bits per heavy atom. The number of nitrogens with zero attached hydrogens (tertiary/aromatic N) is 3. The number of benzene rings is 2. The van der Waals surface area contributed by atoms with Crippen LogP contribution in [0, 0.1) is 11.6 Å². The van der Waals surface area contributed by atoms with Crippen LogP contribution in [0.3, 0.4) is 0 Å². The molecule has 0 bridgehead atoms. The summed E-state index contributed by atoms with van der Waals surface area (Å²) < 4.78 is 41.9. The number of imidazole rings is 1. The van der Waals surface area contributed by atoms with E-state index >= 15 is 0 Å². The predicted molar refractivity (Wildman–Crippen MR) is 95.1 cm³/mol. The largest absolute Gasteiger partial charge is 0.489 e. The second-order valence-corrected chi connectivity index (χ2v) is 6.29. The number of aromatic nitrogens is 2. The van der Waals surface area contributed by atoms with Gasteiger partial charge in [0.05, 0.1) is 29.8 Å². The number of hydrogen-bond acceptors (Lipinski definition) is 6. The minimum Gasteiger partial charge on any atom is -0.489 e. The predicted octanol–water partition coefficient (Wildman–Crippen LogP) is 2.76. The number of ether oxygens (including phenoxy) is 2. The molecule has 0 amide bonds. The fourth-order valence-electron chi connectivity index (χ4n) is 3.37. The molecule has 5 rings (SSSR count). The maximum absolute atomic E-state index is 14.4. The molecule has 3 heterocycles. The number of nitrogens with one attached hydrogen (secondary N) is 1. The molecule has 1 aromatic heterocycles. The molecule has 0 fully saturated rings. The van der Waals surface area contributed by atoms with Crippen molar-refractivity contribution in [2.24, 2.45) is 10.7 Å². The molecule has 0 saturated heterocycles. The number of fused-ring (bicyclic) bond motifs is 4. The fourth-order valence-corrected chi connectivity index (χ4v) is 3.37. The van der Waals surface area contributed by atoms with Crippen LogP contribution < -0.4 is 20.5 Å². The normalized spacial score (nSPS) is 18.4. The quantitative estimate of drug-likeness (QED) is 0.687. The number of guanidine groups is 1. The van der Waals surface area contributed by atoms with E-state index < -0.39 is 17.8 Å². The molecule has 0 saturated carbocycles. The van der Waals surface area contributed by atoms with Crippen molar-refractivity contribution in [3.05, 3.63) is 47.5 Å². The van der Waals surface area contributed by atoms with Crippen molar-refractivity contribution in [1.82, 2.24) is 9.55 Å². The maximum Gasteiger partial charge on any atom is 0.212 e. The van der Waals surface area contributed by atoms with Crippen LogP contribution in [0.5, 0.6) is 11.5 Å². The van der Waals surface area contributed by atoms with E-state index in [9.17, 15) is 8.78 Å². The summed E-state index contributed by atoms with van der Waals surface area (Å²) in [5.41, 5.74) is 6.81. The maximum atomic E-state index is 14.4. The smallest absolute Gasteiger partial charge is 0.212 e. The van der Waals surface area contributed by atoms with Crippen LogP contribution in [0.25, 0.3) is 11.0 Å². The molecule has 3 aromatic rings. The number of nitrogens with two attached hydrogens (primary N) is 1. The van der Waals surface area contributed by atoms with Gasteiger partial charge >= 0.3 is 0 Å². The van der Waals surface area contributed by atoms with E-state index in [1.54, 1.807) is 16.7 Å². The first kappa shape index (κ1) is 15.9. The van der Waals surface area contributed by atoms with E-state index in [1.807, 2.05) is 0 Å². The van der Waals surface area contributed by atoms with Gasteiger partial charge in [0.1, 0.15) is 11.6 Å². The van der Waals surface area contributed by atoms with Gasteiger partial charge in [0.25, 0.3) is 0 Å². The molecular formula is C18H15F2N5O2. The number of anilines is 1. The SMILES string of the molecule is NC1=N[C@H](c2c(F)cccc2F)n2c(nc3cc4c(cc32)OCCCO4)N1. The fraction of sp³-hybridized carbons (Fsp3) is 0.222. The second-order valence-electron chi connectivity index (χ2n) is 6.29. The molecule has 3 N–H and O–H groups in total. The standard InChI is InChI=1S/C18H15F2N5O2/c19-9-3-1-4-10(20)15(9)16-23-17(21)24-18-22-11-7-13-14(8-12(11)25(16)18)27-6-2-5-26-13/h1,3-4,7-8,16H,2,5-6H2,(H3,21,22,23,24)/t16-/m0/s1. The summed E-state index contributed by atoms with van der Waals surface area (Å²) in [6.07, 6.45) is -0.263. The summed E-state index contributed by atoms with van der Waals surface area (Å²) in [4.78, 5) is 8.71. The minimum atomic E-state index is -1.03. The van der Waals surface area contributed by atoms with Gasteiger partial charge in [-0.2, -0.15) is 0 Å². The molecule has 27 heavy (non-hydrogen) atoms. The van der Waals surface area contributed by atoms with Crippen molar-refractivity contribution in [3.8, 4) is 11.5 Å². The van der Waals surface area contributed by atoms with Crippen LogP contribution >= 0.6 is 0 Å². The minimum absolute atomic E-state index is 0.0273. The summed E-state index contributed by atoms with van der Waals surface area (Å²) in [7, 11) is 0. The monoisotopic (exact) mass is 371 g/mol. The zero-order valence-electron chi connectivity index (χ0n) is 14.1. The van der Waals surface area contributed by atoms with Crippen molar-refractivity contribution in [3.63, 3.8) is 0 Å². The third-order valence-electron chi connectivity index (χ3n) is 4.56. The van der Waals surface area contributed by atoms with Crippen molar-refractivity contribution in [2.45, 2.75) is 12.6 Å². The molecule has 9 heteroatoms. The molecule has 0 radical (unpaired) electrons. The first-order valence-electron chi connectivity index (χ1n) is 8.47. The van der Waals surface area contributed by atoms with Gasteiger partial charge in [-0.05, 0) is 12.1 Å². The number of aliphatic imine (C=N–C) groups is 1. The zero-order valence-corrected chi connectivity index (χ0v) is 14.1. The van der Waals surface area contributed by atoms with Gasteiger partial charge in [-0.25, -0.2) is 18.8 Å². The van der Waals surface area contributed by atoms with Gasteiger partial charge in [-0.3, -0.25) is 9.88 Å². The Bertz CT molecular complexity index is 1070. The molecule has 1 atom stereocenters. The third-order valence-corrected chi connectivity index (χ3v) is 4.56. The molecule has 2 aromatic carbocycles. The topological polar surface area (TPSA) is 86.7 Å². The molecule has 0 spiro atoms. The first-order chi connectivity index (χ1) is 13.1. The van der Waals surface area contributed by atoms with Crippen LogP contribution in [0.2, 0.25) is 0 Å². The molecular weight excluding hydrogens is 356 g/mol. The summed E-state index contributed by atoms with van der Waals surface area (Å²) in [6, 6.07) is 7.17. The van der Waals surface area contributed by atoms with Gasteiger partial charge in [0.15, 0.2) is 23.6 Å². The van der Waals surface area contributed by atoms with Gasteiger partial charge in [-0.15, -0.1) is 0 Å². The average molecular weight is 371 g/mol. The lowest BCUT2D eigenvalue weighted by atomic mass is 10.1. The molecule has 2 aliphatic heterocycles. The zero-order chi connectivity index (χ0) is 18.5. The van der Waals surface area contributed by atoms with E-state index in [0.717, 1.165) is 6.42 Å². The molecule has 0 unspecified atom stereocenters. The molecule has 0 aliphatic carbocycles. The van der Waals surface area contributed by atoms with Crippen molar-refractivity contribution >= 4 is 22.9 Å². The van der Waals surface area contributed by atoms with E-state index in [0.29, 0.717) is 41.7 Å². The van der Waals surface area contributed by atoms with Crippen LogP contribution in [-0.4, -0.2) is 28.7 Å². The van der Waals surface area contributed by atoms with E-state index in [-0.39, 0.29) is 11.5 Å². The number of rotatable bonds is 1. The average Bonchev–Trinajstić information content (AvgIpc) is 2.81. The lowest BCUT2D eigenvalue weighted by molar-refractivity contribution is 0.297. The van der Waals surface area contributed by atoms with E-state index in [2.05, 4.69) is 15.3 Å². The van der Waals surface area contributed by atoms with Gasteiger partial charge < -0.3 is 15.2 Å². The van der Waals surface area contributed by atoms with Crippen LogP contribution in [0.1, 0.15) is 18.2 Å². The highest BCUT2D eigenvalue weighted by Crippen LogP contribution is 2.39. The second kappa shape index (κ2) is 5.83. The Morgan fingerprint density at radius 3 is 2.56 bits per heavy atom. The Morgan fingerprint density at radius 2 is 1.81 bits per heavy atom. The van der Waals surface area contributed by atoms with E-state index in [4.69, 9.17) is 15.2 Å². The van der Waals surface area contributed by atoms with Gasteiger partial charge in [0.2, 0.25) is 5.95 Å². The summed E-state index contributed by atoms with van der Waals surface area (Å²) in [5, 5.41) is 2.84. The van der Waals surface area contributed by atoms with Crippen LogP contribution in [-0.2, 0) is 0 Å². The third kappa shape index (κ3) is 2.46. The Labute approximate surface area is 152 Å². The highest BCUT2D eigenvalue weighted by Gasteiger charge is 2.30. The Balaban J connectivity index is 1.75. The number of hydrogen-bond donors (Lipinski definition) is 2. The van der Waals surface area contributed by atoms with Crippen molar-refractivity contribution in [2.75, 3.05) is 18.5 Å². The summed E-state index contributed by atoms with van der Waals surface area (Å²) >= 11 is 0. The van der Waals surface area contributed by atoms with Crippen molar-refractivity contribution in [1.29, 1.82) is 0 Å². The molecule has 2 aliphatic rings. The Kier molecular flexibility index (Phi) is 3.43. The van der Waals surface area contributed by atoms with Crippen LogP contribution in [0.4, 0.5) is 14.7 Å². The van der Waals surface area contributed by atoms with Gasteiger partial charge in [-0.1, -0.05) is 6.07 Å².